The fourth-order valence-corrected chi connectivity index (χ4v) is 4.21. The SMILES string of the molecule is CCNC(=O)Nc1ccc(-c2nc3c(c(N4CCOC[C@@H]4C)n2)CCN(C)C3C)cc1. The van der Waals surface area contributed by atoms with E-state index in [0.717, 1.165) is 48.1 Å². The van der Waals surface area contributed by atoms with E-state index in [1.165, 1.54) is 5.56 Å². The lowest BCUT2D eigenvalue weighted by atomic mass is 9.98. The van der Waals surface area contributed by atoms with Crippen LogP contribution in [0.5, 0.6) is 0 Å². The summed E-state index contributed by atoms with van der Waals surface area (Å²) in [6.45, 7) is 10.1. The monoisotopic (exact) mass is 424 g/mol. The Morgan fingerprint density at radius 2 is 1.97 bits per heavy atom. The van der Waals surface area contributed by atoms with E-state index >= 15 is 0 Å². The Balaban J connectivity index is 1.71. The molecule has 1 unspecified atom stereocenters. The highest BCUT2D eigenvalue weighted by molar-refractivity contribution is 5.89. The Labute approximate surface area is 184 Å². The largest absolute Gasteiger partial charge is 0.377 e. The van der Waals surface area contributed by atoms with Crippen LogP contribution in [0.25, 0.3) is 11.4 Å². The summed E-state index contributed by atoms with van der Waals surface area (Å²) >= 11 is 0. The summed E-state index contributed by atoms with van der Waals surface area (Å²) in [4.78, 5) is 26.5. The number of fused-ring (bicyclic) bond motifs is 1. The molecule has 0 radical (unpaired) electrons. The number of aromatic nitrogens is 2. The third kappa shape index (κ3) is 4.50. The van der Waals surface area contributed by atoms with Gasteiger partial charge in [0, 0.05) is 42.5 Å². The fraction of sp³-hybridized carbons (Fsp3) is 0.522. The number of anilines is 2. The van der Waals surface area contributed by atoms with Crippen molar-refractivity contribution in [3.8, 4) is 11.4 Å². The number of amides is 2. The molecule has 0 saturated carbocycles. The minimum absolute atomic E-state index is 0.208. The zero-order chi connectivity index (χ0) is 22.0. The standard InChI is InChI=1S/C23H32N6O2/c1-5-24-23(30)25-18-8-6-17(7-9-18)21-26-20-16(3)28(4)11-10-19(20)22(27-21)29-12-13-31-14-15(29)2/h6-9,15-16H,5,10-14H2,1-4H3,(H2,24,25,30)/t15-,16?/m0/s1. The summed E-state index contributed by atoms with van der Waals surface area (Å²) in [6.07, 6.45) is 0.950. The van der Waals surface area contributed by atoms with E-state index in [1.807, 2.05) is 31.2 Å². The molecule has 8 nitrogen and oxygen atoms in total. The van der Waals surface area contributed by atoms with Crippen LogP contribution in [-0.2, 0) is 11.2 Å². The van der Waals surface area contributed by atoms with Gasteiger partial charge in [-0.3, -0.25) is 4.90 Å². The van der Waals surface area contributed by atoms with Gasteiger partial charge in [-0.2, -0.15) is 0 Å². The quantitative estimate of drug-likeness (QED) is 0.785. The summed E-state index contributed by atoms with van der Waals surface area (Å²) in [5.74, 6) is 1.76. The highest BCUT2D eigenvalue weighted by Crippen LogP contribution is 2.35. The lowest BCUT2D eigenvalue weighted by Crippen LogP contribution is -2.45. The van der Waals surface area contributed by atoms with Crippen LogP contribution in [0.15, 0.2) is 24.3 Å². The lowest BCUT2D eigenvalue weighted by molar-refractivity contribution is 0.0983. The predicted molar refractivity (Wildman–Crippen MR) is 123 cm³/mol. The molecule has 2 aliphatic rings. The molecule has 2 N–H and O–H groups in total. The molecule has 31 heavy (non-hydrogen) atoms. The van der Waals surface area contributed by atoms with Gasteiger partial charge in [0.15, 0.2) is 5.82 Å². The smallest absolute Gasteiger partial charge is 0.319 e. The van der Waals surface area contributed by atoms with Crippen LogP contribution in [-0.4, -0.2) is 66.8 Å². The third-order valence-electron chi connectivity index (χ3n) is 6.17. The molecule has 8 heteroatoms. The Bertz CT molecular complexity index is 932. The van der Waals surface area contributed by atoms with E-state index in [2.05, 4.69) is 41.3 Å². The average molecular weight is 425 g/mol. The summed E-state index contributed by atoms with van der Waals surface area (Å²) < 4.78 is 5.66. The first-order valence-electron chi connectivity index (χ1n) is 11.1. The van der Waals surface area contributed by atoms with Crippen LogP contribution in [0, 0.1) is 0 Å². The number of ether oxygens (including phenoxy) is 1. The zero-order valence-electron chi connectivity index (χ0n) is 18.8. The van der Waals surface area contributed by atoms with Crippen LogP contribution in [0.2, 0.25) is 0 Å². The van der Waals surface area contributed by atoms with Crippen molar-refractivity contribution in [2.45, 2.75) is 39.3 Å². The van der Waals surface area contributed by atoms with Gasteiger partial charge >= 0.3 is 6.03 Å². The van der Waals surface area contributed by atoms with Crippen molar-refractivity contribution in [2.24, 2.45) is 0 Å². The second kappa shape index (κ2) is 9.20. The van der Waals surface area contributed by atoms with Crippen LogP contribution in [0.1, 0.15) is 38.1 Å². The van der Waals surface area contributed by atoms with Gasteiger partial charge in [0.25, 0.3) is 0 Å². The first-order chi connectivity index (χ1) is 15.0. The number of urea groups is 1. The first-order valence-corrected chi connectivity index (χ1v) is 11.1. The van der Waals surface area contributed by atoms with Crippen molar-refractivity contribution in [3.63, 3.8) is 0 Å². The number of hydrogen-bond acceptors (Lipinski definition) is 6. The number of likely N-dealkylation sites (N-methyl/N-ethyl adjacent to an activating group) is 1. The second-order valence-electron chi connectivity index (χ2n) is 8.32. The molecule has 3 heterocycles. The maximum atomic E-state index is 11.8. The van der Waals surface area contributed by atoms with Crippen molar-refractivity contribution in [1.29, 1.82) is 0 Å². The molecule has 4 rings (SSSR count). The minimum Gasteiger partial charge on any atom is -0.377 e. The van der Waals surface area contributed by atoms with Gasteiger partial charge in [0.2, 0.25) is 0 Å². The Kier molecular flexibility index (Phi) is 6.38. The molecule has 2 atom stereocenters. The Hall–Kier alpha value is -2.71. The van der Waals surface area contributed by atoms with Crippen molar-refractivity contribution < 1.29 is 9.53 Å². The lowest BCUT2D eigenvalue weighted by Gasteiger charge is -2.39. The fourth-order valence-electron chi connectivity index (χ4n) is 4.21. The maximum absolute atomic E-state index is 11.8. The molecule has 2 aliphatic heterocycles. The van der Waals surface area contributed by atoms with Crippen molar-refractivity contribution in [1.82, 2.24) is 20.2 Å². The van der Waals surface area contributed by atoms with Crippen LogP contribution < -0.4 is 15.5 Å². The van der Waals surface area contributed by atoms with E-state index in [-0.39, 0.29) is 18.1 Å². The molecule has 0 spiro atoms. The normalized spacial score (nSPS) is 21.5. The topological polar surface area (TPSA) is 82.6 Å². The van der Waals surface area contributed by atoms with Crippen LogP contribution in [0.4, 0.5) is 16.3 Å². The average Bonchev–Trinajstić information content (AvgIpc) is 2.77. The van der Waals surface area contributed by atoms with E-state index in [4.69, 9.17) is 14.7 Å². The number of carbonyl (C=O) groups excluding carboxylic acids is 1. The van der Waals surface area contributed by atoms with E-state index < -0.39 is 0 Å². The molecule has 0 aliphatic carbocycles. The number of carbonyl (C=O) groups is 1. The second-order valence-corrected chi connectivity index (χ2v) is 8.32. The predicted octanol–water partition coefficient (Wildman–Crippen LogP) is 3.06. The van der Waals surface area contributed by atoms with Crippen molar-refractivity contribution in [2.75, 3.05) is 50.1 Å². The van der Waals surface area contributed by atoms with Crippen LogP contribution >= 0.6 is 0 Å². The summed E-state index contributed by atoms with van der Waals surface area (Å²) in [7, 11) is 2.15. The first kappa shape index (κ1) is 21.5. The molecule has 1 saturated heterocycles. The van der Waals surface area contributed by atoms with Gasteiger partial charge in [-0.25, -0.2) is 14.8 Å². The molecule has 1 aromatic carbocycles. The van der Waals surface area contributed by atoms with Gasteiger partial charge in [-0.1, -0.05) is 0 Å². The Morgan fingerprint density at radius 3 is 2.68 bits per heavy atom. The number of nitrogens with one attached hydrogen (secondary N) is 2. The maximum Gasteiger partial charge on any atom is 0.319 e. The van der Waals surface area contributed by atoms with Crippen molar-refractivity contribution >= 4 is 17.5 Å². The van der Waals surface area contributed by atoms with Gasteiger partial charge in [-0.15, -0.1) is 0 Å². The van der Waals surface area contributed by atoms with E-state index in [9.17, 15) is 4.79 Å². The Morgan fingerprint density at radius 1 is 1.19 bits per heavy atom. The third-order valence-corrected chi connectivity index (χ3v) is 6.17. The highest BCUT2D eigenvalue weighted by atomic mass is 16.5. The number of benzene rings is 1. The molecule has 1 aromatic heterocycles. The summed E-state index contributed by atoms with van der Waals surface area (Å²) in [5, 5.41) is 5.57. The molecule has 1 fully saturated rings. The van der Waals surface area contributed by atoms with Gasteiger partial charge in [-0.05, 0) is 58.5 Å². The van der Waals surface area contributed by atoms with E-state index in [1.54, 1.807) is 0 Å². The molecule has 2 amide bonds. The van der Waals surface area contributed by atoms with Gasteiger partial charge in [0.05, 0.1) is 24.9 Å². The minimum atomic E-state index is -0.208. The molecular formula is C23H32N6O2. The number of nitrogens with zero attached hydrogens (tertiary/aromatic N) is 4. The highest BCUT2D eigenvalue weighted by Gasteiger charge is 2.31. The molecular weight excluding hydrogens is 392 g/mol. The molecule has 2 aromatic rings. The van der Waals surface area contributed by atoms with Crippen molar-refractivity contribution in [3.05, 3.63) is 35.5 Å². The molecule has 166 valence electrons. The van der Waals surface area contributed by atoms with Crippen LogP contribution in [0.3, 0.4) is 0 Å². The van der Waals surface area contributed by atoms with Gasteiger partial charge < -0.3 is 20.3 Å². The van der Waals surface area contributed by atoms with E-state index in [0.29, 0.717) is 19.8 Å². The number of morpholine rings is 1. The molecule has 0 bridgehead atoms. The van der Waals surface area contributed by atoms with Gasteiger partial charge in [0.1, 0.15) is 5.82 Å². The number of rotatable bonds is 4. The summed E-state index contributed by atoms with van der Waals surface area (Å²) in [6, 6.07) is 8.01. The zero-order valence-corrected chi connectivity index (χ0v) is 18.8. The number of hydrogen-bond donors (Lipinski definition) is 2. The summed E-state index contributed by atoms with van der Waals surface area (Å²) in [5.41, 5.74) is 4.05.